The predicted molar refractivity (Wildman–Crippen MR) is 214 cm³/mol. The second-order valence-corrected chi connectivity index (χ2v) is 13.3. The van der Waals surface area contributed by atoms with E-state index >= 15 is 0 Å². The normalized spacial score (nSPS) is 11.7. The van der Waals surface area contributed by atoms with Gasteiger partial charge < -0.3 is 59.8 Å². The predicted octanol–water partition coefficient (Wildman–Crippen LogP) is -1.09. The number of aryl methyl sites for hydroxylation is 2. The average Bonchev–Trinajstić information content (AvgIpc) is 3.18. The molecule has 2 rings (SSSR count). The first-order chi connectivity index (χ1) is 27.4. The van der Waals surface area contributed by atoms with Crippen molar-refractivity contribution in [1.82, 2.24) is 19.6 Å². The summed E-state index contributed by atoms with van der Waals surface area (Å²) >= 11 is 0. The maximum absolute atomic E-state index is 9.38. The van der Waals surface area contributed by atoms with Crippen molar-refractivity contribution in [2.24, 2.45) is 0 Å². The first-order valence-electron chi connectivity index (χ1n) is 20.0. The largest absolute Gasteiger partial charge is 0.488 e. The molecule has 0 unspecified atom stereocenters. The van der Waals surface area contributed by atoms with Crippen LogP contribution in [0, 0.1) is 0 Å². The zero-order valence-corrected chi connectivity index (χ0v) is 33.3. The fourth-order valence-corrected chi connectivity index (χ4v) is 6.15. The highest BCUT2D eigenvalue weighted by molar-refractivity contribution is 5.44. The van der Waals surface area contributed by atoms with E-state index in [4.69, 9.17) is 18.9 Å². The first kappa shape index (κ1) is 49.3. The zero-order chi connectivity index (χ0) is 40.6. The van der Waals surface area contributed by atoms with Gasteiger partial charge in [-0.25, -0.2) is 0 Å². The highest BCUT2D eigenvalue weighted by Gasteiger charge is 2.13. The van der Waals surface area contributed by atoms with Gasteiger partial charge in [0.2, 0.25) is 0 Å². The molecule has 2 aromatic rings. The molecule has 2 aromatic carbocycles. The molecule has 0 saturated carbocycles. The van der Waals surface area contributed by atoms with Crippen LogP contribution in [0.5, 0.6) is 23.0 Å². The lowest BCUT2D eigenvalue weighted by molar-refractivity contribution is 0.134. The molecular weight excluding hydrogens is 728 g/mol. The molecule has 0 aliphatic heterocycles. The summed E-state index contributed by atoms with van der Waals surface area (Å²) in [5, 5.41) is 74.9. The SMILES string of the molecule is OCCN(CCO)CCOc1ccc(CCCCc2ccc(OCCN(CCO)CCO)c(OCCN(CCO)CCO)c2)cc1OCCN(CCO)CCO. The Hall–Kier alpha value is -2.84. The monoisotopic (exact) mass is 798 g/mol. The Balaban J connectivity index is 2.09. The minimum absolute atomic E-state index is 0.00848. The molecule has 0 amide bonds. The lowest BCUT2D eigenvalue weighted by atomic mass is 10.0. The van der Waals surface area contributed by atoms with E-state index in [1.54, 1.807) is 0 Å². The van der Waals surface area contributed by atoms with Crippen LogP contribution in [-0.4, -0.2) is 218 Å². The van der Waals surface area contributed by atoms with Crippen LogP contribution in [-0.2, 0) is 12.8 Å². The smallest absolute Gasteiger partial charge is 0.161 e. The minimum Gasteiger partial charge on any atom is -0.488 e. The maximum atomic E-state index is 9.38. The molecule has 0 aromatic heterocycles. The molecule has 0 aliphatic rings. The van der Waals surface area contributed by atoms with Gasteiger partial charge in [0.1, 0.15) is 26.4 Å². The summed E-state index contributed by atoms with van der Waals surface area (Å²) in [5.41, 5.74) is 2.19. The molecule has 0 aliphatic carbocycles. The molecule has 0 spiro atoms. The van der Waals surface area contributed by atoms with Gasteiger partial charge in [-0.2, -0.15) is 0 Å². The average molecular weight is 799 g/mol. The van der Waals surface area contributed by atoms with Crippen molar-refractivity contribution in [2.45, 2.75) is 25.7 Å². The summed E-state index contributed by atoms with van der Waals surface area (Å²) in [5.74, 6) is 2.41. The van der Waals surface area contributed by atoms with Crippen LogP contribution in [0.25, 0.3) is 0 Å². The Kier molecular flexibility index (Phi) is 28.3. The van der Waals surface area contributed by atoms with Gasteiger partial charge in [-0.15, -0.1) is 0 Å². The molecule has 16 nitrogen and oxygen atoms in total. The second kappa shape index (κ2) is 32.2. The molecule has 0 radical (unpaired) electrons. The van der Waals surface area contributed by atoms with E-state index in [-0.39, 0.29) is 52.9 Å². The molecule has 56 heavy (non-hydrogen) atoms. The fraction of sp³-hybridized carbons (Fsp3) is 0.700. The Morgan fingerprint density at radius 2 is 0.571 bits per heavy atom. The number of unbranched alkanes of at least 4 members (excludes halogenated alkanes) is 1. The highest BCUT2D eigenvalue weighted by atomic mass is 16.5. The van der Waals surface area contributed by atoms with Gasteiger partial charge in [0.25, 0.3) is 0 Å². The second-order valence-electron chi connectivity index (χ2n) is 13.3. The summed E-state index contributed by atoms with van der Waals surface area (Å²) in [7, 11) is 0. The number of ether oxygens (including phenoxy) is 4. The van der Waals surface area contributed by atoms with Crippen molar-refractivity contribution < 1.29 is 59.8 Å². The van der Waals surface area contributed by atoms with Crippen LogP contribution >= 0.6 is 0 Å². The lowest BCUT2D eigenvalue weighted by Crippen LogP contribution is -2.34. The Morgan fingerprint density at radius 1 is 0.321 bits per heavy atom. The maximum Gasteiger partial charge on any atom is 0.161 e. The van der Waals surface area contributed by atoms with Crippen LogP contribution in [0.3, 0.4) is 0 Å². The van der Waals surface area contributed by atoms with E-state index in [9.17, 15) is 40.9 Å². The molecule has 0 atom stereocenters. The van der Waals surface area contributed by atoms with Crippen molar-refractivity contribution in [3.8, 4) is 23.0 Å². The van der Waals surface area contributed by atoms with E-state index in [2.05, 4.69) is 0 Å². The Morgan fingerprint density at radius 3 is 0.821 bits per heavy atom. The standard InChI is InChI=1S/C40H70N4O12/c45-21-9-41(10-22-46)17-29-53-37-7-5-35(33-39(37)55-31-19-43(13-25-49)14-26-50)3-1-2-4-36-6-8-38(54-30-18-42(11-23-47)12-24-48)40(34-36)56-32-20-44(15-27-51)16-28-52/h5-8,33-34,45-52H,1-4,9-32H2. The number of hydrogen-bond donors (Lipinski definition) is 8. The first-order valence-corrected chi connectivity index (χ1v) is 20.0. The van der Waals surface area contributed by atoms with Gasteiger partial charge in [-0.05, 0) is 61.1 Å². The molecule has 322 valence electrons. The lowest BCUT2D eigenvalue weighted by Gasteiger charge is -2.22. The van der Waals surface area contributed by atoms with Gasteiger partial charge >= 0.3 is 0 Å². The molecule has 0 heterocycles. The number of aliphatic hydroxyl groups excluding tert-OH is 8. The van der Waals surface area contributed by atoms with Gasteiger partial charge in [0.15, 0.2) is 23.0 Å². The third kappa shape index (κ3) is 21.1. The molecule has 8 N–H and O–H groups in total. The zero-order valence-electron chi connectivity index (χ0n) is 33.3. The van der Waals surface area contributed by atoms with Crippen molar-refractivity contribution >= 4 is 0 Å². The van der Waals surface area contributed by atoms with Crippen LogP contribution in [0.1, 0.15) is 24.0 Å². The summed E-state index contributed by atoms with van der Waals surface area (Å²) in [4.78, 5) is 7.70. The van der Waals surface area contributed by atoms with E-state index in [1.807, 2.05) is 56.0 Å². The van der Waals surface area contributed by atoms with Crippen LogP contribution in [0.15, 0.2) is 36.4 Å². The van der Waals surface area contributed by atoms with E-state index in [1.165, 1.54) is 0 Å². The third-order valence-corrected chi connectivity index (χ3v) is 9.19. The number of benzene rings is 2. The van der Waals surface area contributed by atoms with Crippen molar-refractivity contribution in [3.63, 3.8) is 0 Å². The topological polar surface area (TPSA) is 212 Å². The van der Waals surface area contributed by atoms with E-state index < -0.39 is 0 Å². The van der Waals surface area contributed by atoms with Crippen molar-refractivity contribution in [1.29, 1.82) is 0 Å². The third-order valence-electron chi connectivity index (χ3n) is 9.19. The minimum atomic E-state index is -0.0129. The molecule has 16 heteroatoms. The summed E-state index contributed by atoms with van der Waals surface area (Å²) in [6.07, 6.45) is 3.45. The summed E-state index contributed by atoms with van der Waals surface area (Å²) < 4.78 is 24.6. The van der Waals surface area contributed by atoms with Gasteiger partial charge in [0, 0.05) is 78.5 Å². The molecular formula is C40H70N4O12. The summed E-state index contributed by atoms with van der Waals surface area (Å²) in [6, 6.07) is 11.9. The number of nitrogens with zero attached hydrogens (tertiary/aromatic N) is 4. The van der Waals surface area contributed by atoms with Gasteiger partial charge in [-0.1, -0.05) is 12.1 Å². The van der Waals surface area contributed by atoms with Crippen LogP contribution < -0.4 is 18.9 Å². The fourth-order valence-electron chi connectivity index (χ4n) is 6.15. The van der Waals surface area contributed by atoms with E-state index in [0.717, 1.165) is 36.8 Å². The molecule has 0 saturated heterocycles. The Labute approximate surface area is 333 Å². The van der Waals surface area contributed by atoms with Crippen molar-refractivity contribution in [2.75, 3.05) is 158 Å². The van der Waals surface area contributed by atoms with Gasteiger partial charge in [0.05, 0.1) is 52.9 Å². The Bertz CT molecular complexity index is 1130. The number of hydrogen-bond acceptors (Lipinski definition) is 16. The van der Waals surface area contributed by atoms with Crippen LogP contribution in [0.2, 0.25) is 0 Å². The molecule has 0 fully saturated rings. The highest BCUT2D eigenvalue weighted by Crippen LogP contribution is 2.31. The van der Waals surface area contributed by atoms with E-state index in [0.29, 0.717) is 128 Å². The molecule has 0 bridgehead atoms. The van der Waals surface area contributed by atoms with Gasteiger partial charge in [-0.3, -0.25) is 19.6 Å². The summed E-state index contributed by atoms with van der Waals surface area (Å²) in [6.45, 7) is 6.92. The van der Waals surface area contributed by atoms with Crippen molar-refractivity contribution in [3.05, 3.63) is 47.5 Å². The number of aliphatic hydroxyl groups is 8. The van der Waals surface area contributed by atoms with Crippen LogP contribution in [0.4, 0.5) is 0 Å². The quantitative estimate of drug-likeness (QED) is 0.0382. The number of rotatable bonds is 37.